The van der Waals surface area contributed by atoms with Gasteiger partial charge in [0.2, 0.25) is 5.89 Å². The van der Waals surface area contributed by atoms with Crippen molar-refractivity contribution in [2.75, 3.05) is 0 Å². The Morgan fingerprint density at radius 2 is 2.05 bits per heavy atom. The molecule has 20 heavy (non-hydrogen) atoms. The summed E-state index contributed by atoms with van der Waals surface area (Å²) in [6.45, 7) is 2.14. The molecule has 2 heterocycles. The van der Waals surface area contributed by atoms with Gasteiger partial charge in [-0.15, -0.1) is 0 Å². The quantitative estimate of drug-likeness (QED) is 0.429. The molecular weight excluding hydrogens is 431 g/mol. The van der Waals surface area contributed by atoms with Crippen LogP contribution in [-0.4, -0.2) is 4.98 Å². The molecule has 1 aromatic carbocycles. The average Bonchev–Trinajstić information content (AvgIpc) is 2.80. The molecule has 0 bridgehead atoms. The minimum absolute atomic E-state index is 0. The van der Waals surface area contributed by atoms with Crippen molar-refractivity contribution in [2.45, 2.75) is 13.3 Å². The Kier molecular flexibility index (Phi) is 4.80. The van der Waals surface area contributed by atoms with E-state index in [2.05, 4.69) is 40.0 Å². The molecule has 3 nitrogen and oxygen atoms in total. The predicted octanol–water partition coefficient (Wildman–Crippen LogP) is 0.648. The molecule has 0 aliphatic rings. The molecule has 2 aromatic heterocycles. The maximum Gasteiger partial charge on any atom is 0.233 e. The van der Waals surface area contributed by atoms with E-state index >= 15 is 0 Å². The summed E-state index contributed by atoms with van der Waals surface area (Å²) >= 11 is 3.49. The fourth-order valence-corrected chi connectivity index (χ4v) is 2.68. The normalized spacial score (nSPS) is 10.6. The van der Waals surface area contributed by atoms with Crippen molar-refractivity contribution >= 4 is 27.0 Å². The molecule has 3 aromatic rings. The van der Waals surface area contributed by atoms with Crippen molar-refractivity contribution in [2.24, 2.45) is 7.05 Å². The van der Waals surface area contributed by atoms with Gasteiger partial charge < -0.3 is 28.4 Å². The van der Waals surface area contributed by atoms with Crippen LogP contribution < -0.4 is 28.5 Å². The smallest absolute Gasteiger partial charge is 0.233 e. The molecule has 0 saturated heterocycles. The first-order chi connectivity index (χ1) is 9.15. The fourth-order valence-electron chi connectivity index (χ4n) is 2.11. The van der Waals surface area contributed by atoms with Crippen LogP contribution in [0.5, 0.6) is 0 Å². The van der Waals surface area contributed by atoms with Gasteiger partial charge in [-0.3, -0.25) is 0 Å². The maximum absolute atomic E-state index is 5.82. The fraction of sp³-hybridized carbons (Fsp3) is 0.200. The minimum atomic E-state index is 0. The van der Waals surface area contributed by atoms with Crippen LogP contribution in [0.3, 0.4) is 0 Å². The third kappa shape index (κ3) is 3.03. The number of halogens is 2. The number of rotatable bonds is 2. The molecule has 0 spiro atoms. The second-order valence-corrected chi connectivity index (χ2v) is 5.50. The molecule has 0 unspecified atom stereocenters. The zero-order chi connectivity index (χ0) is 13.4. The van der Waals surface area contributed by atoms with Crippen LogP contribution >= 0.6 is 15.9 Å². The number of benzene rings is 1. The van der Waals surface area contributed by atoms with Crippen molar-refractivity contribution in [1.82, 2.24) is 4.98 Å². The largest absolute Gasteiger partial charge is 1.00 e. The highest BCUT2D eigenvalue weighted by Gasteiger charge is 2.12. The average molecular weight is 445 g/mol. The zero-order valence-electron chi connectivity index (χ0n) is 11.2. The van der Waals surface area contributed by atoms with Gasteiger partial charge in [0.05, 0.1) is 4.47 Å². The van der Waals surface area contributed by atoms with Gasteiger partial charge in [0.15, 0.2) is 18.0 Å². The second-order valence-electron chi connectivity index (χ2n) is 4.58. The Morgan fingerprint density at radius 1 is 1.25 bits per heavy atom. The summed E-state index contributed by atoms with van der Waals surface area (Å²) in [4.78, 5) is 4.57. The first-order valence-corrected chi connectivity index (χ1v) is 7.00. The summed E-state index contributed by atoms with van der Waals surface area (Å²) in [5.41, 5.74) is 3.98. The van der Waals surface area contributed by atoms with Crippen molar-refractivity contribution in [3.05, 3.63) is 46.7 Å². The molecule has 0 aliphatic heterocycles. The highest BCUT2D eigenvalue weighted by molar-refractivity contribution is 9.10. The molecule has 0 aliphatic carbocycles. The number of hydrogen-bond donors (Lipinski definition) is 0. The standard InChI is InChI=1S/C15H14BrN2O.HI/c1-3-10-4-5-14-13(6-10)17-15(19-14)11-7-12(16)9-18(2)8-11;/h4-9H,3H2,1-2H3;1H/q+1;/p-1. The van der Waals surface area contributed by atoms with E-state index in [1.165, 1.54) is 5.56 Å². The van der Waals surface area contributed by atoms with E-state index in [9.17, 15) is 0 Å². The van der Waals surface area contributed by atoms with E-state index in [1.54, 1.807) is 0 Å². The molecule has 0 fully saturated rings. The summed E-state index contributed by atoms with van der Waals surface area (Å²) in [6, 6.07) is 8.16. The number of aromatic nitrogens is 2. The van der Waals surface area contributed by atoms with Crippen LogP contribution in [0, 0.1) is 0 Å². The van der Waals surface area contributed by atoms with Gasteiger partial charge in [-0.25, -0.2) is 9.55 Å². The third-order valence-corrected chi connectivity index (χ3v) is 3.50. The first kappa shape index (κ1) is 15.4. The van der Waals surface area contributed by atoms with E-state index in [4.69, 9.17) is 4.42 Å². The second kappa shape index (κ2) is 6.22. The number of pyridine rings is 1. The minimum Gasteiger partial charge on any atom is -1.00 e. The van der Waals surface area contributed by atoms with E-state index < -0.39 is 0 Å². The number of fused-ring (bicyclic) bond motifs is 1. The number of nitrogens with zero attached hydrogens (tertiary/aromatic N) is 2. The van der Waals surface area contributed by atoms with Gasteiger partial charge in [0.25, 0.3) is 0 Å². The molecule has 3 rings (SSSR count). The molecule has 0 N–H and O–H groups in total. The monoisotopic (exact) mass is 444 g/mol. The van der Waals surface area contributed by atoms with Crippen molar-refractivity contribution in [3.63, 3.8) is 0 Å². The summed E-state index contributed by atoms with van der Waals surface area (Å²) in [6.07, 6.45) is 4.99. The van der Waals surface area contributed by atoms with Crippen LogP contribution in [-0.2, 0) is 13.5 Å². The Balaban J connectivity index is 0.00000147. The zero-order valence-corrected chi connectivity index (χ0v) is 15.0. The number of oxazole rings is 1. The lowest BCUT2D eigenvalue weighted by Gasteiger charge is -1.94. The Hall–Kier alpha value is -0.950. The van der Waals surface area contributed by atoms with Gasteiger partial charge in [0.1, 0.15) is 18.1 Å². The molecular formula is C15H14BrIN2O. The van der Waals surface area contributed by atoms with Crippen LogP contribution in [0.1, 0.15) is 12.5 Å². The Morgan fingerprint density at radius 3 is 2.75 bits per heavy atom. The maximum atomic E-state index is 5.82. The van der Waals surface area contributed by atoms with Gasteiger partial charge in [-0.1, -0.05) is 13.0 Å². The summed E-state index contributed by atoms with van der Waals surface area (Å²) < 4.78 is 8.80. The lowest BCUT2D eigenvalue weighted by Crippen LogP contribution is -3.00. The lowest BCUT2D eigenvalue weighted by atomic mass is 10.1. The first-order valence-electron chi connectivity index (χ1n) is 6.21. The molecule has 104 valence electrons. The van der Waals surface area contributed by atoms with Crippen molar-refractivity contribution < 1.29 is 33.0 Å². The summed E-state index contributed by atoms with van der Waals surface area (Å²) in [7, 11) is 1.98. The van der Waals surface area contributed by atoms with Crippen LogP contribution in [0.25, 0.3) is 22.6 Å². The SMILES string of the molecule is CCc1ccc2oc(-c3cc(Br)c[n+](C)c3)nc2c1.[I-]. The predicted molar refractivity (Wildman–Crippen MR) is 77.7 cm³/mol. The molecule has 0 saturated carbocycles. The van der Waals surface area contributed by atoms with Crippen molar-refractivity contribution in [1.29, 1.82) is 0 Å². The molecule has 0 amide bonds. The third-order valence-electron chi connectivity index (χ3n) is 3.07. The van der Waals surface area contributed by atoms with Gasteiger partial charge in [0, 0.05) is 0 Å². The molecule has 5 heteroatoms. The van der Waals surface area contributed by atoms with E-state index in [0.717, 1.165) is 27.6 Å². The van der Waals surface area contributed by atoms with Gasteiger partial charge in [-0.05, 0) is 46.1 Å². The Bertz CT molecular complexity index is 734. The molecule has 0 radical (unpaired) electrons. The number of hydrogen-bond acceptors (Lipinski definition) is 2. The molecule has 0 atom stereocenters. The van der Waals surface area contributed by atoms with Crippen molar-refractivity contribution in [3.8, 4) is 11.5 Å². The number of aryl methyl sites for hydroxylation is 2. The van der Waals surface area contributed by atoms with Crippen LogP contribution in [0.2, 0.25) is 0 Å². The lowest BCUT2D eigenvalue weighted by molar-refractivity contribution is -0.671. The highest BCUT2D eigenvalue weighted by Crippen LogP contribution is 2.25. The van der Waals surface area contributed by atoms with Gasteiger partial charge in [-0.2, -0.15) is 0 Å². The van der Waals surface area contributed by atoms with E-state index in [0.29, 0.717) is 5.89 Å². The topological polar surface area (TPSA) is 29.9 Å². The van der Waals surface area contributed by atoms with E-state index in [1.807, 2.05) is 36.1 Å². The summed E-state index contributed by atoms with van der Waals surface area (Å²) in [5, 5.41) is 0. The van der Waals surface area contributed by atoms with Gasteiger partial charge >= 0.3 is 0 Å². The van der Waals surface area contributed by atoms with Crippen LogP contribution in [0.15, 0.2) is 45.5 Å². The van der Waals surface area contributed by atoms with Crippen LogP contribution in [0.4, 0.5) is 0 Å². The highest BCUT2D eigenvalue weighted by atomic mass is 127. The summed E-state index contributed by atoms with van der Waals surface area (Å²) in [5.74, 6) is 0.653. The van der Waals surface area contributed by atoms with E-state index in [-0.39, 0.29) is 24.0 Å². The Labute approximate surface area is 143 Å².